The summed E-state index contributed by atoms with van der Waals surface area (Å²) in [7, 11) is 1.56. The number of nitrogen functional groups attached to an aromatic ring is 1. The molecule has 0 radical (unpaired) electrons. The number of carbonyl (C=O) groups excluding carboxylic acids is 2. The van der Waals surface area contributed by atoms with Gasteiger partial charge in [0.1, 0.15) is 5.82 Å². The van der Waals surface area contributed by atoms with Crippen LogP contribution in [0.3, 0.4) is 0 Å². The molecule has 0 bridgehead atoms. The summed E-state index contributed by atoms with van der Waals surface area (Å²) in [4.78, 5) is 23.9. The Morgan fingerprint density at radius 2 is 2.00 bits per heavy atom. The molecule has 0 atom stereocenters. The number of hydrogen-bond donors (Lipinski definition) is 1. The van der Waals surface area contributed by atoms with Crippen LogP contribution in [0.4, 0.5) is 15.9 Å². The van der Waals surface area contributed by atoms with Crippen molar-refractivity contribution in [1.82, 2.24) is 10.2 Å². The molecule has 2 N–H and O–H groups in total. The maximum Gasteiger partial charge on any atom is 0.217 e. The zero-order chi connectivity index (χ0) is 17.1. The van der Waals surface area contributed by atoms with Crippen LogP contribution >= 0.6 is 11.6 Å². The Bertz CT molecular complexity index is 782. The van der Waals surface area contributed by atoms with Gasteiger partial charge in [-0.3, -0.25) is 9.59 Å². The van der Waals surface area contributed by atoms with Crippen molar-refractivity contribution in [2.24, 2.45) is 0 Å². The summed E-state index contributed by atoms with van der Waals surface area (Å²) < 4.78 is 13.8. The molecule has 0 spiro atoms. The average molecular weight is 337 g/mol. The van der Waals surface area contributed by atoms with Crippen molar-refractivity contribution in [3.8, 4) is 11.3 Å². The molecular formula is C15H14ClFN4O2. The highest BCUT2D eigenvalue weighted by molar-refractivity contribution is 6.37. The number of halogens is 2. The monoisotopic (exact) mass is 336 g/mol. The first-order valence-corrected chi connectivity index (χ1v) is 7.01. The minimum atomic E-state index is -0.571. The molecule has 120 valence electrons. The van der Waals surface area contributed by atoms with Gasteiger partial charge in [-0.05, 0) is 24.3 Å². The van der Waals surface area contributed by atoms with Gasteiger partial charge < -0.3 is 10.6 Å². The zero-order valence-corrected chi connectivity index (χ0v) is 13.3. The topological polar surface area (TPSA) is 89.2 Å². The van der Waals surface area contributed by atoms with Crippen LogP contribution in [0, 0.1) is 5.82 Å². The third kappa shape index (κ3) is 3.81. The van der Waals surface area contributed by atoms with Crippen LogP contribution in [-0.4, -0.2) is 35.4 Å². The first-order chi connectivity index (χ1) is 10.8. The lowest BCUT2D eigenvalue weighted by Gasteiger charge is -2.18. The Morgan fingerprint density at radius 1 is 1.30 bits per heavy atom. The van der Waals surface area contributed by atoms with E-state index in [9.17, 15) is 14.0 Å². The van der Waals surface area contributed by atoms with Gasteiger partial charge in [-0.15, -0.1) is 10.2 Å². The van der Waals surface area contributed by atoms with Gasteiger partial charge >= 0.3 is 0 Å². The predicted molar refractivity (Wildman–Crippen MR) is 85.8 cm³/mol. The number of carbonyl (C=O) groups is 2. The van der Waals surface area contributed by atoms with Crippen molar-refractivity contribution in [3.05, 3.63) is 35.1 Å². The SMILES string of the molecule is CC(=O)C(=O)CN(C)c1nnc(-c2cc(Cl)ccc2F)cc1N. The summed E-state index contributed by atoms with van der Waals surface area (Å²) >= 11 is 5.85. The second-order valence-corrected chi connectivity index (χ2v) is 5.40. The van der Waals surface area contributed by atoms with Crippen molar-refractivity contribution in [1.29, 1.82) is 0 Å². The number of nitrogens with zero attached hydrogens (tertiary/aromatic N) is 3. The molecule has 2 aromatic rings. The smallest absolute Gasteiger partial charge is 0.217 e. The Kier molecular flexibility index (Phi) is 4.90. The van der Waals surface area contributed by atoms with Gasteiger partial charge in [-0.1, -0.05) is 11.6 Å². The van der Waals surface area contributed by atoms with Crippen LogP contribution in [-0.2, 0) is 9.59 Å². The van der Waals surface area contributed by atoms with E-state index in [0.29, 0.717) is 5.02 Å². The van der Waals surface area contributed by atoms with Crippen LogP contribution in [0.15, 0.2) is 24.3 Å². The molecule has 0 unspecified atom stereocenters. The largest absolute Gasteiger partial charge is 0.396 e. The quantitative estimate of drug-likeness (QED) is 0.841. The van der Waals surface area contributed by atoms with Gasteiger partial charge in [0.25, 0.3) is 0 Å². The standard InChI is InChI=1S/C15H14ClFN4O2/c1-8(22)14(23)7-21(2)15-12(18)6-13(19-20-15)10-5-9(16)3-4-11(10)17/h3-6H,7H2,1-2H3,(H2,18,19). The minimum absolute atomic E-state index is 0.168. The second kappa shape index (κ2) is 6.70. The molecule has 8 heteroatoms. The van der Waals surface area contributed by atoms with E-state index in [1.165, 1.54) is 36.1 Å². The Labute approximate surface area is 137 Å². The summed E-state index contributed by atoms with van der Waals surface area (Å²) in [6.07, 6.45) is 0. The van der Waals surface area contributed by atoms with Crippen molar-refractivity contribution in [2.45, 2.75) is 6.92 Å². The van der Waals surface area contributed by atoms with Crippen LogP contribution in [0.2, 0.25) is 5.02 Å². The molecule has 0 saturated carbocycles. The number of rotatable bonds is 5. The lowest BCUT2D eigenvalue weighted by atomic mass is 10.1. The van der Waals surface area contributed by atoms with Crippen molar-refractivity contribution in [2.75, 3.05) is 24.2 Å². The van der Waals surface area contributed by atoms with Crippen molar-refractivity contribution < 1.29 is 14.0 Å². The Hall–Kier alpha value is -2.54. The van der Waals surface area contributed by atoms with E-state index in [1.54, 1.807) is 7.05 Å². The van der Waals surface area contributed by atoms with Gasteiger partial charge in [0.15, 0.2) is 11.6 Å². The molecule has 1 aromatic carbocycles. The van der Waals surface area contributed by atoms with Crippen LogP contribution in [0.5, 0.6) is 0 Å². The third-order valence-electron chi connectivity index (χ3n) is 3.14. The number of Topliss-reactive ketones (excluding diaryl/α,β-unsaturated/α-hetero) is 2. The van der Waals surface area contributed by atoms with E-state index in [4.69, 9.17) is 17.3 Å². The third-order valence-corrected chi connectivity index (χ3v) is 3.38. The number of ketones is 2. The van der Waals surface area contributed by atoms with Gasteiger partial charge in [0, 0.05) is 24.6 Å². The minimum Gasteiger partial charge on any atom is -0.396 e. The van der Waals surface area contributed by atoms with Gasteiger partial charge in [-0.25, -0.2) is 4.39 Å². The second-order valence-electron chi connectivity index (χ2n) is 4.97. The molecule has 2 rings (SSSR count). The highest BCUT2D eigenvalue weighted by atomic mass is 35.5. The summed E-state index contributed by atoms with van der Waals surface area (Å²) in [5.41, 5.74) is 6.50. The van der Waals surface area contributed by atoms with E-state index >= 15 is 0 Å². The molecule has 1 aromatic heterocycles. The van der Waals surface area contributed by atoms with E-state index < -0.39 is 17.4 Å². The molecule has 0 amide bonds. The molecular weight excluding hydrogens is 323 g/mol. The number of hydrogen-bond acceptors (Lipinski definition) is 6. The maximum absolute atomic E-state index is 13.8. The fraction of sp³-hybridized carbons (Fsp3) is 0.200. The molecule has 0 saturated heterocycles. The average Bonchev–Trinajstić information content (AvgIpc) is 2.49. The highest BCUT2D eigenvalue weighted by Crippen LogP contribution is 2.28. The first-order valence-electron chi connectivity index (χ1n) is 6.63. The summed E-state index contributed by atoms with van der Waals surface area (Å²) in [5.74, 6) is -1.40. The van der Waals surface area contributed by atoms with Crippen LogP contribution < -0.4 is 10.6 Å². The van der Waals surface area contributed by atoms with E-state index in [-0.39, 0.29) is 29.3 Å². The number of anilines is 2. The number of aromatic nitrogens is 2. The van der Waals surface area contributed by atoms with Gasteiger partial charge in [-0.2, -0.15) is 0 Å². The Balaban J connectivity index is 2.32. The normalized spacial score (nSPS) is 10.4. The number of nitrogens with two attached hydrogens (primary N) is 1. The lowest BCUT2D eigenvalue weighted by Crippen LogP contribution is -2.30. The van der Waals surface area contributed by atoms with E-state index in [0.717, 1.165) is 0 Å². The molecule has 6 nitrogen and oxygen atoms in total. The zero-order valence-electron chi connectivity index (χ0n) is 12.5. The lowest BCUT2D eigenvalue weighted by molar-refractivity contribution is -0.134. The Morgan fingerprint density at radius 3 is 2.61 bits per heavy atom. The molecule has 23 heavy (non-hydrogen) atoms. The summed E-state index contributed by atoms with van der Waals surface area (Å²) in [5, 5.41) is 8.19. The summed E-state index contributed by atoms with van der Waals surface area (Å²) in [6, 6.07) is 5.50. The molecule has 0 fully saturated rings. The van der Waals surface area contributed by atoms with Crippen molar-refractivity contribution in [3.63, 3.8) is 0 Å². The fourth-order valence-electron chi connectivity index (χ4n) is 1.92. The van der Waals surface area contributed by atoms with Gasteiger partial charge in [0.05, 0.1) is 17.9 Å². The summed E-state index contributed by atoms with van der Waals surface area (Å²) in [6.45, 7) is 1.02. The number of likely N-dealkylation sites (N-methyl/N-ethyl adjacent to an activating group) is 1. The highest BCUT2D eigenvalue weighted by Gasteiger charge is 2.17. The van der Waals surface area contributed by atoms with E-state index in [2.05, 4.69) is 10.2 Å². The van der Waals surface area contributed by atoms with Gasteiger partial charge in [0.2, 0.25) is 5.78 Å². The van der Waals surface area contributed by atoms with Crippen LogP contribution in [0.25, 0.3) is 11.3 Å². The maximum atomic E-state index is 13.8. The molecule has 0 aliphatic heterocycles. The molecule has 0 aliphatic carbocycles. The van der Waals surface area contributed by atoms with Crippen LogP contribution in [0.1, 0.15) is 6.92 Å². The molecule has 1 heterocycles. The number of benzene rings is 1. The van der Waals surface area contributed by atoms with Crippen molar-refractivity contribution >= 4 is 34.7 Å². The van der Waals surface area contributed by atoms with E-state index in [1.807, 2.05) is 0 Å². The first kappa shape index (κ1) is 16.8. The molecule has 0 aliphatic rings. The fourth-order valence-corrected chi connectivity index (χ4v) is 2.10. The predicted octanol–water partition coefficient (Wildman–Crippen LogP) is 2.11.